The van der Waals surface area contributed by atoms with Gasteiger partial charge in [0.2, 0.25) is 0 Å². The Balaban J connectivity index is 2.03. The van der Waals surface area contributed by atoms with Crippen LogP contribution in [0.25, 0.3) is 16.5 Å². The van der Waals surface area contributed by atoms with E-state index in [-0.39, 0.29) is 17.4 Å². The molecule has 1 heterocycles. The van der Waals surface area contributed by atoms with Crippen LogP contribution in [0, 0.1) is 5.82 Å². The van der Waals surface area contributed by atoms with Crippen molar-refractivity contribution in [1.29, 1.82) is 0 Å². The van der Waals surface area contributed by atoms with Gasteiger partial charge in [-0.05, 0) is 62.1 Å². The van der Waals surface area contributed by atoms with Gasteiger partial charge in [-0.25, -0.2) is 4.39 Å². The van der Waals surface area contributed by atoms with Crippen LogP contribution in [0.4, 0.5) is 4.39 Å². The average molecular weight is 341 g/mol. The Morgan fingerprint density at radius 1 is 1.24 bits per heavy atom. The number of allylic oxidation sites excluding steroid dienone is 1. The number of aromatic amines is 1. The Kier molecular flexibility index (Phi) is 4.12. The second kappa shape index (κ2) is 6.30. The van der Waals surface area contributed by atoms with E-state index >= 15 is 4.39 Å². The highest BCUT2D eigenvalue weighted by Gasteiger charge is 2.26. The first-order chi connectivity index (χ1) is 12.1. The largest absolute Gasteiger partial charge is 0.366 e. The predicted octanol–water partition coefficient (Wildman–Crippen LogP) is 3.57. The maximum atomic E-state index is 15.1. The van der Waals surface area contributed by atoms with Crippen LogP contribution in [0.5, 0.6) is 0 Å². The summed E-state index contributed by atoms with van der Waals surface area (Å²) in [6.45, 7) is 0. The standard InChI is InChI=1S/C20H24FN3O/c21-15-10-14(20(23)25)19-18(13-7-2-1-3-8-16(13)24-19)17(15)11-5-4-6-12(22)9-11/h5,10,12,24H,1-4,6-9,22H2,(H2,23,25)/t12-/m0/s1. The molecule has 0 saturated carbocycles. The van der Waals surface area contributed by atoms with E-state index in [9.17, 15) is 4.79 Å². The molecule has 4 rings (SSSR count). The van der Waals surface area contributed by atoms with Gasteiger partial charge in [0.1, 0.15) is 5.82 Å². The van der Waals surface area contributed by atoms with E-state index in [0.717, 1.165) is 60.7 Å². The molecule has 2 aromatic rings. The molecule has 1 amide bonds. The third-order valence-corrected chi connectivity index (χ3v) is 5.57. The number of carbonyl (C=O) groups excluding carboxylic acids is 1. The summed E-state index contributed by atoms with van der Waals surface area (Å²) in [5.74, 6) is -0.964. The molecular weight excluding hydrogens is 317 g/mol. The SMILES string of the molecule is NC(=O)c1cc(F)c(C2=CCC[C@H](N)C2)c2c3c([nH]c12)CCCCC3. The number of nitrogens with one attached hydrogen (secondary N) is 1. The third-order valence-electron chi connectivity index (χ3n) is 5.57. The number of H-pyrrole nitrogens is 1. The fourth-order valence-corrected chi connectivity index (χ4v) is 4.38. The number of aryl methyl sites for hydroxylation is 2. The molecular formula is C20H24FN3O. The molecule has 0 bridgehead atoms. The molecule has 1 aromatic carbocycles. The van der Waals surface area contributed by atoms with Crippen LogP contribution in [0.15, 0.2) is 12.1 Å². The molecule has 2 aliphatic carbocycles. The van der Waals surface area contributed by atoms with Crippen molar-refractivity contribution >= 4 is 22.4 Å². The number of hydrogen-bond acceptors (Lipinski definition) is 2. The van der Waals surface area contributed by atoms with Gasteiger partial charge in [-0.3, -0.25) is 4.79 Å². The number of aromatic nitrogens is 1. The number of benzene rings is 1. The van der Waals surface area contributed by atoms with Crippen molar-refractivity contribution in [1.82, 2.24) is 4.98 Å². The van der Waals surface area contributed by atoms with Gasteiger partial charge in [-0.2, -0.15) is 0 Å². The van der Waals surface area contributed by atoms with E-state index in [2.05, 4.69) is 11.1 Å². The fourth-order valence-electron chi connectivity index (χ4n) is 4.38. The molecule has 2 aliphatic rings. The van der Waals surface area contributed by atoms with Gasteiger partial charge in [0, 0.05) is 22.7 Å². The Morgan fingerprint density at radius 3 is 2.80 bits per heavy atom. The van der Waals surface area contributed by atoms with Crippen LogP contribution in [0.1, 0.15) is 65.7 Å². The summed E-state index contributed by atoms with van der Waals surface area (Å²) in [6, 6.07) is 1.35. The summed E-state index contributed by atoms with van der Waals surface area (Å²) < 4.78 is 15.1. The van der Waals surface area contributed by atoms with Gasteiger partial charge >= 0.3 is 0 Å². The molecule has 1 aromatic heterocycles. The fraction of sp³-hybridized carbons (Fsp3) is 0.450. The van der Waals surface area contributed by atoms with Crippen molar-refractivity contribution in [2.24, 2.45) is 11.5 Å². The number of amides is 1. The van der Waals surface area contributed by atoms with E-state index < -0.39 is 5.91 Å². The van der Waals surface area contributed by atoms with Gasteiger partial charge < -0.3 is 16.5 Å². The smallest absolute Gasteiger partial charge is 0.250 e. The minimum Gasteiger partial charge on any atom is -0.366 e. The first-order valence-corrected chi connectivity index (χ1v) is 9.17. The molecule has 0 spiro atoms. The van der Waals surface area contributed by atoms with Gasteiger partial charge in [0.25, 0.3) is 5.91 Å². The van der Waals surface area contributed by atoms with Crippen LogP contribution in [-0.2, 0) is 12.8 Å². The van der Waals surface area contributed by atoms with Crippen molar-refractivity contribution in [2.75, 3.05) is 0 Å². The first-order valence-electron chi connectivity index (χ1n) is 9.17. The minimum absolute atomic E-state index is 0.0582. The molecule has 0 unspecified atom stereocenters. The molecule has 132 valence electrons. The lowest BCUT2D eigenvalue weighted by atomic mass is 9.86. The summed E-state index contributed by atoms with van der Waals surface area (Å²) in [4.78, 5) is 15.3. The maximum absolute atomic E-state index is 15.1. The summed E-state index contributed by atoms with van der Waals surface area (Å²) >= 11 is 0. The van der Waals surface area contributed by atoms with Crippen molar-refractivity contribution in [3.63, 3.8) is 0 Å². The predicted molar refractivity (Wildman–Crippen MR) is 97.8 cm³/mol. The summed E-state index contributed by atoms with van der Waals surface area (Å²) in [5.41, 5.74) is 16.5. The highest BCUT2D eigenvalue weighted by atomic mass is 19.1. The van der Waals surface area contributed by atoms with Gasteiger partial charge in [-0.15, -0.1) is 0 Å². The molecule has 5 N–H and O–H groups in total. The summed E-state index contributed by atoms with van der Waals surface area (Å²) in [6.07, 6.45) is 9.76. The molecule has 0 radical (unpaired) electrons. The van der Waals surface area contributed by atoms with E-state index in [0.29, 0.717) is 17.5 Å². The highest BCUT2D eigenvalue weighted by molar-refractivity contribution is 6.09. The normalized spacial score (nSPS) is 20.9. The Morgan fingerprint density at radius 2 is 2.04 bits per heavy atom. The third kappa shape index (κ3) is 2.76. The number of nitrogens with two attached hydrogens (primary N) is 2. The number of fused-ring (bicyclic) bond motifs is 3. The van der Waals surface area contributed by atoms with Gasteiger partial charge in [0.15, 0.2) is 0 Å². The Bertz CT molecular complexity index is 881. The van der Waals surface area contributed by atoms with Crippen LogP contribution in [0.3, 0.4) is 0 Å². The highest BCUT2D eigenvalue weighted by Crippen LogP contribution is 2.39. The molecule has 4 nitrogen and oxygen atoms in total. The Labute approximate surface area is 146 Å². The molecule has 0 saturated heterocycles. The van der Waals surface area contributed by atoms with Crippen molar-refractivity contribution < 1.29 is 9.18 Å². The van der Waals surface area contributed by atoms with E-state index in [1.54, 1.807) is 0 Å². The summed E-state index contributed by atoms with van der Waals surface area (Å²) in [5, 5.41) is 0.853. The van der Waals surface area contributed by atoms with Gasteiger partial charge in [0.05, 0.1) is 11.1 Å². The number of carbonyl (C=O) groups is 1. The quantitative estimate of drug-likeness (QED) is 0.730. The zero-order chi connectivity index (χ0) is 17.6. The van der Waals surface area contributed by atoms with Gasteiger partial charge in [-0.1, -0.05) is 12.5 Å². The van der Waals surface area contributed by atoms with Crippen LogP contribution in [-0.4, -0.2) is 16.9 Å². The molecule has 5 heteroatoms. The molecule has 0 aliphatic heterocycles. The average Bonchev–Trinajstić information content (AvgIpc) is 2.76. The number of rotatable bonds is 2. The monoisotopic (exact) mass is 341 g/mol. The molecule has 0 fully saturated rings. The summed E-state index contributed by atoms with van der Waals surface area (Å²) in [7, 11) is 0. The molecule has 1 atom stereocenters. The topological polar surface area (TPSA) is 84.9 Å². The van der Waals surface area contributed by atoms with Crippen molar-refractivity contribution in [3.8, 4) is 0 Å². The minimum atomic E-state index is -0.596. The lowest BCUT2D eigenvalue weighted by molar-refractivity contribution is 0.100. The number of primary amides is 1. The number of hydrogen-bond donors (Lipinski definition) is 3. The van der Waals surface area contributed by atoms with Crippen molar-refractivity contribution in [2.45, 2.75) is 57.4 Å². The van der Waals surface area contributed by atoms with Crippen LogP contribution in [0.2, 0.25) is 0 Å². The lowest BCUT2D eigenvalue weighted by Gasteiger charge is -2.21. The van der Waals surface area contributed by atoms with Crippen LogP contribution >= 0.6 is 0 Å². The Hall–Kier alpha value is -2.14. The van der Waals surface area contributed by atoms with E-state index in [1.165, 1.54) is 12.5 Å². The first kappa shape index (κ1) is 16.3. The van der Waals surface area contributed by atoms with Crippen LogP contribution < -0.4 is 11.5 Å². The molecule has 25 heavy (non-hydrogen) atoms. The number of halogens is 1. The van der Waals surface area contributed by atoms with E-state index in [4.69, 9.17) is 11.5 Å². The maximum Gasteiger partial charge on any atom is 0.250 e. The zero-order valence-electron chi connectivity index (χ0n) is 14.3. The van der Waals surface area contributed by atoms with Crippen molar-refractivity contribution in [3.05, 3.63) is 40.3 Å². The zero-order valence-corrected chi connectivity index (χ0v) is 14.3. The second-order valence-corrected chi connectivity index (χ2v) is 7.31. The van der Waals surface area contributed by atoms with E-state index in [1.807, 2.05) is 0 Å². The lowest BCUT2D eigenvalue weighted by Crippen LogP contribution is -2.22. The second-order valence-electron chi connectivity index (χ2n) is 7.31.